The largest absolute Gasteiger partial charge is 0.353 e. The van der Waals surface area contributed by atoms with E-state index in [0.29, 0.717) is 5.15 Å². The second kappa shape index (κ2) is 6.50. The van der Waals surface area contributed by atoms with Crippen LogP contribution in [0.3, 0.4) is 0 Å². The van der Waals surface area contributed by atoms with Gasteiger partial charge in [-0.1, -0.05) is 18.5 Å². The topological polar surface area (TPSA) is 41.9 Å². The van der Waals surface area contributed by atoms with E-state index in [1.807, 2.05) is 20.9 Å². The van der Waals surface area contributed by atoms with Gasteiger partial charge in [0, 0.05) is 24.4 Å². The molecule has 0 saturated carbocycles. The van der Waals surface area contributed by atoms with Gasteiger partial charge in [0.25, 0.3) is 0 Å². The number of anilines is 1. The number of halogens is 1. The van der Waals surface area contributed by atoms with Crippen LogP contribution >= 0.6 is 22.9 Å². The third kappa shape index (κ3) is 3.46. The molecule has 0 aliphatic heterocycles. The maximum Gasteiger partial charge on any atom is 0.137 e. The molecule has 2 rings (SSSR count). The van der Waals surface area contributed by atoms with Crippen LogP contribution in [0.4, 0.5) is 5.82 Å². The third-order valence-electron chi connectivity index (χ3n) is 3.01. The maximum absolute atomic E-state index is 6.21. The molecule has 0 fully saturated rings. The molecule has 6 heteroatoms. The molecule has 108 valence electrons. The molecular weight excluding hydrogens is 292 g/mol. The fourth-order valence-electron chi connectivity index (χ4n) is 2.03. The molecule has 0 bridgehead atoms. The molecule has 2 aromatic heterocycles. The fourth-order valence-corrected chi connectivity index (χ4v) is 2.81. The second-order valence-electron chi connectivity index (χ2n) is 4.84. The van der Waals surface area contributed by atoms with Gasteiger partial charge in [-0.15, -0.1) is 11.3 Å². The minimum absolute atomic E-state index is 0.541. The molecular formula is C14H19ClN4S. The maximum atomic E-state index is 6.21. The van der Waals surface area contributed by atoms with Crippen molar-refractivity contribution in [2.75, 3.05) is 11.9 Å². The van der Waals surface area contributed by atoms with E-state index < -0.39 is 0 Å². The minimum atomic E-state index is 0.541. The van der Waals surface area contributed by atoms with Crippen molar-refractivity contribution in [3.05, 3.63) is 32.6 Å². The molecule has 0 N–H and O–H groups in total. The van der Waals surface area contributed by atoms with Crippen molar-refractivity contribution < 1.29 is 0 Å². The van der Waals surface area contributed by atoms with Gasteiger partial charge >= 0.3 is 0 Å². The van der Waals surface area contributed by atoms with E-state index in [2.05, 4.69) is 32.2 Å². The van der Waals surface area contributed by atoms with Crippen LogP contribution in [0.2, 0.25) is 5.15 Å². The summed E-state index contributed by atoms with van der Waals surface area (Å²) in [4.78, 5) is 15.5. The summed E-state index contributed by atoms with van der Waals surface area (Å²) in [5.74, 6) is 1.69. The van der Waals surface area contributed by atoms with Crippen molar-refractivity contribution in [2.24, 2.45) is 0 Å². The van der Waals surface area contributed by atoms with E-state index in [1.165, 1.54) is 0 Å². The Morgan fingerprint density at radius 2 is 2.00 bits per heavy atom. The summed E-state index contributed by atoms with van der Waals surface area (Å²) in [7, 11) is 2.01. The molecule has 0 radical (unpaired) electrons. The van der Waals surface area contributed by atoms with Crippen molar-refractivity contribution in [1.82, 2.24) is 15.0 Å². The lowest BCUT2D eigenvalue weighted by molar-refractivity contribution is 0.800. The number of nitrogens with zero attached hydrogens (tertiary/aromatic N) is 4. The summed E-state index contributed by atoms with van der Waals surface area (Å²) in [5.41, 5.74) is 1.97. The predicted octanol–water partition coefficient (Wildman–Crippen LogP) is 3.79. The van der Waals surface area contributed by atoms with Crippen molar-refractivity contribution >= 4 is 28.8 Å². The highest BCUT2D eigenvalue weighted by molar-refractivity contribution is 7.09. The lowest BCUT2D eigenvalue weighted by atomic mass is 10.2. The number of thiazole rings is 1. The minimum Gasteiger partial charge on any atom is -0.353 e. The highest BCUT2D eigenvalue weighted by Gasteiger charge is 2.14. The van der Waals surface area contributed by atoms with Crippen LogP contribution in [0.15, 0.2) is 5.38 Å². The smallest absolute Gasteiger partial charge is 0.137 e. The van der Waals surface area contributed by atoms with E-state index in [4.69, 9.17) is 11.6 Å². The zero-order valence-corrected chi connectivity index (χ0v) is 13.8. The number of hydrogen-bond acceptors (Lipinski definition) is 5. The Morgan fingerprint density at radius 1 is 1.25 bits per heavy atom. The molecule has 2 aromatic rings. The Labute approximate surface area is 128 Å². The zero-order valence-electron chi connectivity index (χ0n) is 12.3. The Bertz CT molecular complexity index is 597. The molecule has 0 aromatic carbocycles. The molecule has 0 aliphatic rings. The SMILES string of the molecule is CCCc1nc(Cl)c(C)c(N(C)Cc2csc(C)n2)n1. The average molecular weight is 311 g/mol. The van der Waals surface area contributed by atoms with Crippen LogP contribution in [-0.4, -0.2) is 22.0 Å². The fraction of sp³-hybridized carbons (Fsp3) is 0.500. The van der Waals surface area contributed by atoms with E-state index >= 15 is 0 Å². The normalized spacial score (nSPS) is 10.8. The van der Waals surface area contributed by atoms with Gasteiger partial charge in [-0.25, -0.2) is 15.0 Å². The first-order valence-corrected chi connectivity index (χ1v) is 7.92. The first kappa shape index (κ1) is 15.2. The lowest BCUT2D eigenvalue weighted by Crippen LogP contribution is -2.20. The van der Waals surface area contributed by atoms with Crippen LogP contribution < -0.4 is 4.90 Å². The van der Waals surface area contributed by atoms with Crippen LogP contribution in [0.1, 0.15) is 35.4 Å². The molecule has 0 atom stereocenters. The Balaban J connectivity index is 2.25. The Hall–Kier alpha value is -1.20. The summed E-state index contributed by atoms with van der Waals surface area (Å²) in [6.07, 6.45) is 1.85. The molecule has 0 aliphatic carbocycles. The van der Waals surface area contributed by atoms with Gasteiger partial charge in [-0.2, -0.15) is 0 Å². The van der Waals surface area contributed by atoms with Gasteiger partial charge < -0.3 is 4.90 Å². The van der Waals surface area contributed by atoms with Gasteiger partial charge in [0.1, 0.15) is 16.8 Å². The van der Waals surface area contributed by atoms with Gasteiger partial charge in [0.05, 0.1) is 17.2 Å². The monoisotopic (exact) mass is 310 g/mol. The Kier molecular flexibility index (Phi) is 4.94. The number of aryl methyl sites for hydroxylation is 2. The third-order valence-corrected chi connectivity index (χ3v) is 4.20. The second-order valence-corrected chi connectivity index (χ2v) is 6.26. The van der Waals surface area contributed by atoms with Crippen LogP contribution in [0, 0.1) is 13.8 Å². The van der Waals surface area contributed by atoms with E-state index in [-0.39, 0.29) is 0 Å². The quantitative estimate of drug-likeness (QED) is 0.788. The molecule has 2 heterocycles. The average Bonchev–Trinajstić information content (AvgIpc) is 2.79. The van der Waals surface area contributed by atoms with Gasteiger partial charge in [-0.05, 0) is 20.3 Å². The standard InChI is InChI=1S/C14H19ClN4S/c1-5-6-12-17-13(15)9(2)14(18-12)19(4)7-11-8-20-10(3)16-11/h8H,5-7H2,1-4H3. The predicted molar refractivity (Wildman–Crippen MR) is 84.7 cm³/mol. The molecule has 20 heavy (non-hydrogen) atoms. The van der Waals surface area contributed by atoms with Crippen LogP contribution in [-0.2, 0) is 13.0 Å². The summed E-state index contributed by atoms with van der Waals surface area (Å²) in [6.45, 7) is 6.80. The van der Waals surface area contributed by atoms with Gasteiger partial charge in [0.15, 0.2) is 0 Å². The van der Waals surface area contributed by atoms with Crippen molar-refractivity contribution in [2.45, 2.75) is 40.2 Å². The molecule has 4 nitrogen and oxygen atoms in total. The van der Waals surface area contributed by atoms with E-state index in [1.54, 1.807) is 11.3 Å². The van der Waals surface area contributed by atoms with Crippen molar-refractivity contribution in [3.8, 4) is 0 Å². The molecule has 0 spiro atoms. The van der Waals surface area contributed by atoms with Crippen LogP contribution in [0.5, 0.6) is 0 Å². The lowest BCUT2D eigenvalue weighted by Gasteiger charge is -2.20. The molecule has 0 saturated heterocycles. The zero-order chi connectivity index (χ0) is 14.7. The number of aromatic nitrogens is 3. The summed E-state index contributed by atoms with van der Waals surface area (Å²) in [5, 5.41) is 3.70. The van der Waals surface area contributed by atoms with E-state index in [9.17, 15) is 0 Å². The highest BCUT2D eigenvalue weighted by Crippen LogP contribution is 2.24. The number of rotatable bonds is 5. The van der Waals surface area contributed by atoms with Gasteiger partial charge in [0.2, 0.25) is 0 Å². The van der Waals surface area contributed by atoms with Crippen molar-refractivity contribution in [1.29, 1.82) is 0 Å². The van der Waals surface area contributed by atoms with Crippen molar-refractivity contribution in [3.63, 3.8) is 0 Å². The van der Waals surface area contributed by atoms with Gasteiger partial charge in [-0.3, -0.25) is 0 Å². The summed E-state index contributed by atoms with van der Waals surface area (Å²) < 4.78 is 0. The molecule has 0 unspecified atom stereocenters. The number of hydrogen-bond donors (Lipinski definition) is 0. The Morgan fingerprint density at radius 3 is 2.60 bits per heavy atom. The first-order chi connectivity index (χ1) is 9.51. The summed E-state index contributed by atoms with van der Waals surface area (Å²) in [6, 6.07) is 0. The van der Waals surface area contributed by atoms with Crippen LogP contribution in [0.25, 0.3) is 0 Å². The first-order valence-electron chi connectivity index (χ1n) is 6.66. The summed E-state index contributed by atoms with van der Waals surface area (Å²) >= 11 is 7.88. The highest BCUT2D eigenvalue weighted by atomic mass is 35.5. The van der Waals surface area contributed by atoms with E-state index in [0.717, 1.165) is 47.3 Å². The molecule has 0 amide bonds.